The number of hydrogen-bond acceptors (Lipinski definition) is 8. The maximum Gasteiger partial charge on any atom is 0.180 e. The van der Waals surface area contributed by atoms with Crippen molar-refractivity contribution in [3.63, 3.8) is 0 Å². The first kappa shape index (κ1) is 18.6. The lowest BCUT2D eigenvalue weighted by atomic mass is 10.1. The zero-order valence-corrected chi connectivity index (χ0v) is 16.7. The SMILES string of the molecule is O=C(CC(=O)c1ccc(N2CCOCC2)s1)c1ccc(N2CCOCC2)s1. The molecule has 0 aromatic carbocycles. The number of ether oxygens (including phenoxy) is 2. The first-order chi connectivity index (χ1) is 13.2. The van der Waals surface area contributed by atoms with Crippen molar-refractivity contribution >= 4 is 44.2 Å². The number of hydrogen-bond donors (Lipinski definition) is 0. The van der Waals surface area contributed by atoms with Crippen LogP contribution in [0.3, 0.4) is 0 Å². The Morgan fingerprint density at radius 3 is 1.56 bits per heavy atom. The van der Waals surface area contributed by atoms with Gasteiger partial charge in [0.05, 0.1) is 52.6 Å². The van der Waals surface area contributed by atoms with Gasteiger partial charge in [-0.25, -0.2) is 0 Å². The molecule has 0 bridgehead atoms. The minimum Gasteiger partial charge on any atom is -0.378 e. The van der Waals surface area contributed by atoms with Crippen LogP contribution in [0, 0.1) is 0 Å². The van der Waals surface area contributed by atoms with E-state index in [1.807, 2.05) is 24.3 Å². The molecule has 2 saturated heterocycles. The molecule has 6 nitrogen and oxygen atoms in total. The van der Waals surface area contributed by atoms with E-state index in [1.54, 1.807) is 0 Å². The second-order valence-corrected chi connectivity index (χ2v) is 8.62. The number of carbonyl (C=O) groups is 2. The van der Waals surface area contributed by atoms with Gasteiger partial charge in [-0.2, -0.15) is 0 Å². The van der Waals surface area contributed by atoms with Crippen LogP contribution in [0.1, 0.15) is 25.8 Å². The molecule has 144 valence electrons. The van der Waals surface area contributed by atoms with Crippen LogP contribution in [0.2, 0.25) is 0 Å². The molecular weight excluding hydrogens is 384 g/mol. The van der Waals surface area contributed by atoms with Crippen molar-refractivity contribution in [2.24, 2.45) is 0 Å². The summed E-state index contributed by atoms with van der Waals surface area (Å²) in [6, 6.07) is 7.60. The molecule has 4 heterocycles. The minimum atomic E-state index is -0.106. The molecule has 2 fully saturated rings. The molecule has 0 aliphatic carbocycles. The van der Waals surface area contributed by atoms with Crippen molar-refractivity contribution in [1.29, 1.82) is 0 Å². The molecule has 27 heavy (non-hydrogen) atoms. The maximum absolute atomic E-state index is 12.6. The number of ketones is 2. The number of thiophene rings is 2. The predicted molar refractivity (Wildman–Crippen MR) is 108 cm³/mol. The fraction of sp³-hybridized carbons (Fsp3) is 0.474. The highest BCUT2D eigenvalue weighted by molar-refractivity contribution is 7.18. The third-order valence-corrected chi connectivity index (χ3v) is 7.07. The molecule has 0 atom stereocenters. The summed E-state index contributed by atoms with van der Waals surface area (Å²) in [7, 11) is 0. The lowest BCUT2D eigenvalue weighted by molar-refractivity contribution is 0.0899. The Kier molecular flexibility index (Phi) is 5.87. The van der Waals surface area contributed by atoms with Gasteiger partial charge < -0.3 is 19.3 Å². The number of rotatable bonds is 6. The van der Waals surface area contributed by atoms with Gasteiger partial charge in [0, 0.05) is 26.2 Å². The van der Waals surface area contributed by atoms with Crippen LogP contribution >= 0.6 is 22.7 Å². The molecule has 0 unspecified atom stereocenters. The van der Waals surface area contributed by atoms with Gasteiger partial charge in [-0.15, -0.1) is 22.7 Å². The highest BCUT2D eigenvalue weighted by atomic mass is 32.1. The Balaban J connectivity index is 1.37. The molecule has 4 rings (SSSR count). The highest BCUT2D eigenvalue weighted by Crippen LogP contribution is 2.30. The second-order valence-electron chi connectivity index (χ2n) is 6.50. The molecule has 0 amide bonds. The number of carbonyl (C=O) groups excluding carboxylic acids is 2. The van der Waals surface area contributed by atoms with E-state index in [1.165, 1.54) is 22.7 Å². The highest BCUT2D eigenvalue weighted by Gasteiger charge is 2.21. The van der Waals surface area contributed by atoms with Crippen molar-refractivity contribution in [2.45, 2.75) is 6.42 Å². The van der Waals surface area contributed by atoms with E-state index in [4.69, 9.17) is 9.47 Å². The van der Waals surface area contributed by atoms with Gasteiger partial charge in [0.1, 0.15) is 0 Å². The van der Waals surface area contributed by atoms with Crippen molar-refractivity contribution < 1.29 is 19.1 Å². The van der Waals surface area contributed by atoms with Gasteiger partial charge in [-0.1, -0.05) is 0 Å². The summed E-state index contributed by atoms with van der Waals surface area (Å²) in [6.07, 6.45) is -0.0773. The standard InChI is InChI=1S/C19H22N2O4S2/c22-14(16-1-3-18(26-16)20-5-9-24-10-6-20)13-15(23)17-2-4-19(27-17)21-7-11-25-12-8-21/h1-4H,5-13H2. The van der Waals surface area contributed by atoms with Gasteiger partial charge in [-0.05, 0) is 24.3 Å². The van der Waals surface area contributed by atoms with Crippen LogP contribution in [0.4, 0.5) is 10.0 Å². The molecular formula is C19H22N2O4S2. The van der Waals surface area contributed by atoms with Crippen LogP contribution < -0.4 is 9.80 Å². The summed E-state index contributed by atoms with van der Waals surface area (Å²) in [4.78, 5) is 30.9. The molecule has 0 radical (unpaired) electrons. The Morgan fingerprint density at radius 1 is 0.741 bits per heavy atom. The summed E-state index contributed by atoms with van der Waals surface area (Å²) in [5.74, 6) is -0.211. The number of morpholine rings is 2. The van der Waals surface area contributed by atoms with Crippen LogP contribution in [-0.2, 0) is 9.47 Å². The zero-order valence-electron chi connectivity index (χ0n) is 15.0. The average molecular weight is 407 g/mol. The summed E-state index contributed by atoms with van der Waals surface area (Å²) in [5, 5.41) is 2.14. The Hall–Kier alpha value is -1.74. The van der Waals surface area contributed by atoms with Crippen LogP contribution in [0.5, 0.6) is 0 Å². The predicted octanol–water partition coefficient (Wildman–Crippen LogP) is 2.94. The lowest BCUT2D eigenvalue weighted by Crippen LogP contribution is -2.35. The maximum atomic E-state index is 12.6. The number of Topliss-reactive ketones (excluding diaryl/α,β-unsaturated/α-hetero) is 2. The van der Waals surface area contributed by atoms with Gasteiger partial charge in [0.15, 0.2) is 11.6 Å². The largest absolute Gasteiger partial charge is 0.378 e. The van der Waals surface area contributed by atoms with Gasteiger partial charge >= 0.3 is 0 Å². The number of nitrogens with zero attached hydrogens (tertiary/aromatic N) is 2. The van der Waals surface area contributed by atoms with Crippen LogP contribution in [0.25, 0.3) is 0 Å². The first-order valence-electron chi connectivity index (χ1n) is 9.12. The minimum absolute atomic E-state index is 0.0773. The summed E-state index contributed by atoms with van der Waals surface area (Å²) in [6.45, 7) is 6.21. The van der Waals surface area contributed by atoms with E-state index in [-0.39, 0.29) is 18.0 Å². The molecule has 0 N–H and O–H groups in total. The van der Waals surface area contributed by atoms with Crippen molar-refractivity contribution in [2.75, 3.05) is 62.4 Å². The summed E-state index contributed by atoms with van der Waals surface area (Å²) < 4.78 is 10.7. The Bertz CT molecular complexity index is 738. The van der Waals surface area contributed by atoms with Crippen LogP contribution in [0.15, 0.2) is 24.3 Å². The Morgan fingerprint density at radius 2 is 1.15 bits per heavy atom. The van der Waals surface area contributed by atoms with Gasteiger partial charge in [-0.3, -0.25) is 9.59 Å². The third-order valence-electron chi connectivity index (χ3n) is 4.70. The normalized spacial score (nSPS) is 17.9. The lowest BCUT2D eigenvalue weighted by Gasteiger charge is -2.27. The number of anilines is 2. The van der Waals surface area contributed by atoms with E-state index < -0.39 is 0 Å². The quantitative estimate of drug-likeness (QED) is 0.543. The Labute approximate surface area is 166 Å². The zero-order chi connectivity index (χ0) is 18.6. The average Bonchev–Trinajstić information content (AvgIpc) is 3.39. The monoisotopic (exact) mass is 406 g/mol. The molecule has 0 spiro atoms. The third kappa shape index (κ3) is 4.40. The topological polar surface area (TPSA) is 59.1 Å². The molecule has 8 heteroatoms. The van der Waals surface area contributed by atoms with E-state index in [2.05, 4.69) is 9.80 Å². The van der Waals surface area contributed by atoms with E-state index in [0.717, 1.165) is 36.2 Å². The fourth-order valence-electron chi connectivity index (χ4n) is 3.18. The van der Waals surface area contributed by atoms with Crippen molar-refractivity contribution in [1.82, 2.24) is 0 Å². The molecule has 2 aromatic rings. The first-order valence-corrected chi connectivity index (χ1v) is 10.8. The van der Waals surface area contributed by atoms with Gasteiger partial charge in [0.2, 0.25) is 0 Å². The molecule has 2 aromatic heterocycles. The second kappa shape index (κ2) is 8.52. The molecule has 2 aliphatic rings. The van der Waals surface area contributed by atoms with Crippen molar-refractivity contribution in [3.05, 3.63) is 34.0 Å². The molecule has 0 saturated carbocycles. The molecule has 2 aliphatic heterocycles. The van der Waals surface area contributed by atoms with Crippen molar-refractivity contribution in [3.8, 4) is 0 Å². The van der Waals surface area contributed by atoms with Crippen LogP contribution in [-0.4, -0.2) is 64.2 Å². The fourth-order valence-corrected chi connectivity index (χ4v) is 5.17. The van der Waals surface area contributed by atoms with E-state index >= 15 is 0 Å². The summed E-state index contributed by atoms with van der Waals surface area (Å²) >= 11 is 2.93. The van der Waals surface area contributed by atoms with E-state index in [9.17, 15) is 9.59 Å². The van der Waals surface area contributed by atoms with E-state index in [0.29, 0.717) is 36.2 Å². The smallest absolute Gasteiger partial charge is 0.180 e. The van der Waals surface area contributed by atoms with Gasteiger partial charge in [0.25, 0.3) is 0 Å². The summed E-state index contributed by atoms with van der Waals surface area (Å²) in [5.41, 5.74) is 0.